The highest BCUT2D eigenvalue weighted by molar-refractivity contribution is 6.36. The summed E-state index contributed by atoms with van der Waals surface area (Å²) in [4.78, 5) is 55.1. The average Bonchev–Trinajstić information content (AvgIpc) is 2.95. The molecule has 0 aromatic heterocycles. The van der Waals surface area contributed by atoms with Gasteiger partial charge < -0.3 is 45.2 Å². The average molecular weight is 586 g/mol. The molecule has 0 radical (unpaired) electrons. The summed E-state index contributed by atoms with van der Waals surface area (Å²) < 4.78 is 10.0. The Hall–Kier alpha value is -6.24. The normalized spacial score (nSPS) is 13.3. The Morgan fingerprint density at radius 3 is 1.37 bits per heavy atom. The Balaban J connectivity index is 1.74. The number of aromatic hydroxyl groups is 7. The highest BCUT2D eigenvalue weighted by atomic mass is 16.5. The van der Waals surface area contributed by atoms with E-state index in [1.807, 2.05) is 0 Å². The van der Waals surface area contributed by atoms with E-state index in [0.29, 0.717) is 12.1 Å². The molecule has 0 aliphatic heterocycles. The quantitative estimate of drug-likeness (QED) is 0.148. The van der Waals surface area contributed by atoms with Crippen molar-refractivity contribution in [2.75, 3.05) is 14.2 Å². The molecule has 2 aliphatic rings. The van der Waals surface area contributed by atoms with Gasteiger partial charge in [0.2, 0.25) is 11.6 Å². The molecule has 0 saturated heterocycles. The first kappa shape index (κ1) is 27.0. The van der Waals surface area contributed by atoms with Gasteiger partial charge in [0.25, 0.3) is 0 Å². The number of ketones is 4. The van der Waals surface area contributed by atoms with Gasteiger partial charge in [-0.2, -0.15) is 0 Å². The van der Waals surface area contributed by atoms with Gasteiger partial charge in [0.1, 0.15) is 40.2 Å². The molecular weight excluding hydrogens is 568 g/mol. The van der Waals surface area contributed by atoms with Gasteiger partial charge in [-0.15, -0.1) is 0 Å². The van der Waals surface area contributed by atoms with Gasteiger partial charge >= 0.3 is 0 Å². The van der Waals surface area contributed by atoms with Gasteiger partial charge in [-0.25, -0.2) is 0 Å². The Morgan fingerprint density at radius 1 is 0.419 bits per heavy atom. The molecule has 0 unspecified atom stereocenters. The van der Waals surface area contributed by atoms with Gasteiger partial charge in [-0.3, -0.25) is 19.2 Å². The Morgan fingerprint density at radius 2 is 0.837 bits per heavy atom. The van der Waals surface area contributed by atoms with Crippen molar-refractivity contribution in [3.05, 3.63) is 74.8 Å². The number of phenolic OH excluding ortho intramolecular Hbond substituents is 7. The van der Waals surface area contributed by atoms with Crippen LogP contribution in [0.2, 0.25) is 0 Å². The van der Waals surface area contributed by atoms with Gasteiger partial charge in [-0.1, -0.05) is 0 Å². The molecule has 6 rings (SSSR count). The lowest BCUT2D eigenvalue weighted by molar-refractivity contribution is 0.0970. The van der Waals surface area contributed by atoms with E-state index < -0.39 is 125 Å². The number of hydrogen-bond acceptors (Lipinski definition) is 13. The van der Waals surface area contributed by atoms with Crippen molar-refractivity contribution in [3.63, 3.8) is 0 Å². The van der Waals surface area contributed by atoms with Crippen LogP contribution in [0, 0.1) is 0 Å². The fraction of sp³-hybridized carbons (Fsp3) is 0.0667. The number of benzene rings is 4. The van der Waals surface area contributed by atoms with E-state index in [-0.39, 0.29) is 5.75 Å². The van der Waals surface area contributed by atoms with E-state index >= 15 is 0 Å². The summed E-state index contributed by atoms with van der Waals surface area (Å²) in [6.45, 7) is 0. The SMILES string of the molecule is COc1cc(O)c2c(c1)C(=O)c1c(c(O)cc(O)c1-c1c(O)cc(O)c3c1C(=O)c1c(O)c(OC)cc(O)c1C3=O)C2=O. The second kappa shape index (κ2) is 8.88. The first-order valence-corrected chi connectivity index (χ1v) is 12.2. The standard InChI is InChI=1S/C30H18O13/c1-42-8-3-9-17(10(31)4-8)28(39)20-13(34)5-11(32)18(23(20)26(9)37)19-12(33)6-14(35)21-24(19)30(41)25-22(29(21)40)15(36)7-16(43-2)27(25)38/h3-7,31-36,38H,1-2H3. The van der Waals surface area contributed by atoms with Gasteiger partial charge in [0.15, 0.2) is 23.1 Å². The number of phenols is 7. The van der Waals surface area contributed by atoms with Crippen LogP contribution in [0.15, 0.2) is 30.3 Å². The lowest BCUT2D eigenvalue weighted by Gasteiger charge is -2.27. The van der Waals surface area contributed by atoms with Crippen LogP contribution in [0.3, 0.4) is 0 Å². The predicted molar refractivity (Wildman–Crippen MR) is 143 cm³/mol. The van der Waals surface area contributed by atoms with Crippen LogP contribution >= 0.6 is 0 Å². The maximum Gasteiger partial charge on any atom is 0.202 e. The third-order valence-corrected chi connectivity index (χ3v) is 7.45. The fourth-order valence-corrected chi connectivity index (χ4v) is 5.62. The monoisotopic (exact) mass is 586 g/mol. The van der Waals surface area contributed by atoms with Crippen molar-refractivity contribution in [1.82, 2.24) is 0 Å². The highest BCUT2D eigenvalue weighted by Gasteiger charge is 2.44. The molecular formula is C30H18O13. The van der Waals surface area contributed by atoms with Gasteiger partial charge in [-0.05, 0) is 6.07 Å². The molecule has 7 N–H and O–H groups in total. The molecule has 0 fully saturated rings. The number of ether oxygens (including phenoxy) is 2. The number of fused-ring (bicyclic) bond motifs is 4. The minimum Gasteiger partial charge on any atom is -0.507 e. The molecule has 0 atom stereocenters. The topological polar surface area (TPSA) is 228 Å². The summed E-state index contributed by atoms with van der Waals surface area (Å²) in [7, 11) is 2.35. The van der Waals surface area contributed by atoms with Gasteiger partial charge in [0.05, 0.1) is 42.0 Å². The first-order valence-electron chi connectivity index (χ1n) is 12.2. The summed E-state index contributed by atoms with van der Waals surface area (Å²) >= 11 is 0. The molecule has 0 saturated carbocycles. The summed E-state index contributed by atoms with van der Waals surface area (Å²) in [5, 5.41) is 75.3. The molecule has 0 bridgehead atoms. The molecule has 13 heteroatoms. The molecule has 13 nitrogen and oxygen atoms in total. The van der Waals surface area contributed by atoms with E-state index in [2.05, 4.69) is 0 Å². The molecule has 0 spiro atoms. The lowest BCUT2D eigenvalue weighted by atomic mass is 9.75. The zero-order valence-corrected chi connectivity index (χ0v) is 22.0. The largest absolute Gasteiger partial charge is 0.507 e. The van der Waals surface area contributed by atoms with Crippen molar-refractivity contribution < 1.29 is 64.4 Å². The van der Waals surface area contributed by atoms with Gasteiger partial charge in [0, 0.05) is 52.1 Å². The minimum absolute atomic E-state index is 0.0294. The van der Waals surface area contributed by atoms with Crippen molar-refractivity contribution in [2.24, 2.45) is 0 Å². The Labute approximate surface area is 239 Å². The van der Waals surface area contributed by atoms with Crippen LogP contribution in [0.25, 0.3) is 11.1 Å². The van der Waals surface area contributed by atoms with E-state index in [0.717, 1.165) is 25.3 Å². The van der Waals surface area contributed by atoms with Crippen LogP contribution < -0.4 is 9.47 Å². The molecule has 4 aromatic rings. The summed E-state index contributed by atoms with van der Waals surface area (Å²) in [5.41, 5.74) is -6.76. The summed E-state index contributed by atoms with van der Waals surface area (Å²) in [6.07, 6.45) is 0. The number of methoxy groups -OCH3 is 2. The fourth-order valence-electron chi connectivity index (χ4n) is 5.62. The summed E-state index contributed by atoms with van der Waals surface area (Å²) in [6, 6.07) is 4.34. The zero-order valence-electron chi connectivity index (χ0n) is 22.0. The van der Waals surface area contributed by atoms with Crippen LogP contribution in [-0.2, 0) is 0 Å². The van der Waals surface area contributed by atoms with Crippen molar-refractivity contribution in [2.45, 2.75) is 0 Å². The lowest BCUT2D eigenvalue weighted by Crippen LogP contribution is -2.25. The van der Waals surface area contributed by atoms with Crippen LogP contribution in [0.5, 0.6) is 51.7 Å². The van der Waals surface area contributed by atoms with Crippen LogP contribution in [0.1, 0.15) is 63.7 Å². The third-order valence-electron chi connectivity index (χ3n) is 7.45. The second-order valence-corrected chi connectivity index (χ2v) is 9.66. The van der Waals surface area contributed by atoms with Crippen LogP contribution in [-0.4, -0.2) is 73.1 Å². The smallest absolute Gasteiger partial charge is 0.202 e. The summed E-state index contributed by atoms with van der Waals surface area (Å²) in [5.74, 6) is -11.0. The van der Waals surface area contributed by atoms with Crippen LogP contribution in [0.4, 0.5) is 0 Å². The predicted octanol–water partition coefficient (Wildman–Crippen LogP) is 2.86. The van der Waals surface area contributed by atoms with Crippen molar-refractivity contribution in [1.29, 1.82) is 0 Å². The third kappa shape index (κ3) is 3.38. The maximum absolute atomic E-state index is 14.0. The minimum atomic E-state index is -1.24. The van der Waals surface area contributed by atoms with E-state index in [4.69, 9.17) is 9.47 Å². The Bertz CT molecular complexity index is 2040. The molecule has 43 heavy (non-hydrogen) atoms. The number of hydrogen-bond donors (Lipinski definition) is 7. The Kier molecular flexibility index (Phi) is 5.57. The van der Waals surface area contributed by atoms with Crippen molar-refractivity contribution in [3.8, 4) is 62.9 Å². The molecule has 0 heterocycles. The first-order chi connectivity index (χ1) is 20.3. The molecule has 0 amide bonds. The van der Waals surface area contributed by atoms with E-state index in [9.17, 15) is 54.9 Å². The number of carbonyl (C=O) groups excluding carboxylic acids is 4. The zero-order chi connectivity index (χ0) is 31.2. The number of rotatable bonds is 3. The van der Waals surface area contributed by atoms with E-state index in [1.54, 1.807) is 0 Å². The highest BCUT2D eigenvalue weighted by Crippen LogP contribution is 2.53. The maximum atomic E-state index is 14.0. The molecule has 216 valence electrons. The van der Waals surface area contributed by atoms with Crippen molar-refractivity contribution >= 4 is 23.1 Å². The second-order valence-electron chi connectivity index (χ2n) is 9.66. The van der Waals surface area contributed by atoms with E-state index in [1.165, 1.54) is 7.11 Å². The molecule has 2 aliphatic carbocycles. The molecule has 4 aromatic carbocycles. The number of carbonyl (C=O) groups is 4.